The zero-order valence-electron chi connectivity index (χ0n) is 17.2. The first kappa shape index (κ1) is 20.2. The van der Waals surface area contributed by atoms with E-state index in [1.807, 2.05) is 54.4 Å². The van der Waals surface area contributed by atoms with E-state index < -0.39 is 5.97 Å². The van der Waals surface area contributed by atoms with Crippen LogP contribution in [-0.2, 0) is 11.2 Å². The van der Waals surface area contributed by atoms with Gasteiger partial charge in [0.2, 0.25) is 0 Å². The predicted molar refractivity (Wildman–Crippen MR) is 118 cm³/mol. The van der Waals surface area contributed by atoms with Gasteiger partial charge in [-0.2, -0.15) is 0 Å². The van der Waals surface area contributed by atoms with Crippen molar-refractivity contribution in [1.29, 1.82) is 0 Å². The number of rotatable bonds is 7. The molecule has 4 nitrogen and oxygen atoms in total. The van der Waals surface area contributed by atoms with Gasteiger partial charge in [0.15, 0.2) is 0 Å². The van der Waals surface area contributed by atoms with Gasteiger partial charge in [-0.15, -0.1) is 0 Å². The number of fused-ring (bicyclic) bond motifs is 1. The van der Waals surface area contributed by atoms with Crippen LogP contribution in [0.1, 0.15) is 29.0 Å². The summed E-state index contributed by atoms with van der Waals surface area (Å²) < 4.78 is 6.05. The van der Waals surface area contributed by atoms with Crippen molar-refractivity contribution in [3.05, 3.63) is 95.6 Å². The summed E-state index contributed by atoms with van der Waals surface area (Å²) in [5, 5.41) is 9.15. The molecule has 0 saturated carbocycles. The molecular formula is C26H27NO3. The van der Waals surface area contributed by atoms with Crippen molar-refractivity contribution in [2.45, 2.75) is 18.8 Å². The molecule has 154 valence electrons. The average molecular weight is 402 g/mol. The number of likely N-dealkylation sites (N-methyl/N-ethyl adjacent to an activating group) is 1. The van der Waals surface area contributed by atoms with Gasteiger partial charge in [-0.1, -0.05) is 54.6 Å². The largest absolute Gasteiger partial charge is 0.480 e. The fourth-order valence-corrected chi connectivity index (χ4v) is 4.56. The lowest BCUT2D eigenvalue weighted by Gasteiger charge is -2.36. The first-order valence-electron chi connectivity index (χ1n) is 10.4. The number of aliphatic carboxylic acids is 1. The van der Waals surface area contributed by atoms with Gasteiger partial charge < -0.3 is 9.84 Å². The first-order valence-corrected chi connectivity index (χ1v) is 10.4. The average Bonchev–Trinajstić information content (AvgIpc) is 2.74. The normalized spacial score (nSPS) is 18.1. The number of benzene rings is 3. The lowest BCUT2D eigenvalue weighted by atomic mass is 9.71. The SMILES string of the molecule is CN(CC(=O)O)C[C@H]1CCc2cc(Oc3ccccc3)ccc2[C@H]1c1ccccc1. The molecule has 3 aromatic carbocycles. The molecular weight excluding hydrogens is 374 g/mol. The quantitative estimate of drug-likeness (QED) is 0.592. The Morgan fingerprint density at radius 1 is 1.00 bits per heavy atom. The second-order valence-corrected chi connectivity index (χ2v) is 8.05. The summed E-state index contributed by atoms with van der Waals surface area (Å²) in [6.45, 7) is 0.822. The molecule has 0 aliphatic heterocycles. The Labute approximate surface area is 177 Å². The van der Waals surface area contributed by atoms with Crippen molar-refractivity contribution in [2.75, 3.05) is 20.1 Å². The van der Waals surface area contributed by atoms with Crippen LogP contribution in [0.4, 0.5) is 0 Å². The van der Waals surface area contributed by atoms with Crippen LogP contribution in [-0.4, -0.2) is 36.1 Å². The van der Waals surface area contributed by atoms with E-state index in [9.17, 15) is 4.79 Å². The number of aryl methyl sites for hydroxylation is 1. The molecule has 1 aliphatic carbocycles. The summed E-state index contributed by atoms with van der Waals surface area (Å²) in [6, 6.07) is 26.8. The molecule has 0 aromatic heterocycles. The Bertz CT molecular complexity index is 988. The number of nitrogens with zero attached hydrogens (tertiary/aromatic N) is 1. The monoisotopic (exact) mass is 401 g/mol. The Hall–Kier alpha value is -3.11. The topological polar surface area (TPSA) is 49.8 Å². The van der Waals surface area contributed by atoms with E-state index in [0.29, 0.717) is 5.92 Å². The smallest absolute Gasteiger partial charge is 0.317 e. The first-order chi connectivity index (χ1) is 14.6. The number of carbonyl (C=O) groups is 1. The molecule has 0 unspecified atom stereocenters. The highest BCUT2D eigenvalue weighted by Crippen LogP contribution is 2.42. The molecule has 3 aromatic rings. The fraction of sp³-hybridized carbons (Fsp3) is 0.269. The predicted octanol–water partition coefficient (Wildman–Crippen LogP) is 5.19. The maximum absolute atomic E-state index is 11.1. The molecule has 30 heavy (non-hydrogen) atoms. The van der Waals surface area contributed by atoms with Gasteiger partial charge in [0.1, 0.15) is 11.5 Å². The number of carboxylic acid groups (broad SMARTS) is 1. The van der Waals surface area contributed by atoms with Gasteiger partial charge in [-0.25, -0.2) is 0 Å². The Kier molecular flexibility index (Phi) is 6.15. The molecule has 1 N–H and O–H groups in total. The van der Waals surface area contributed by atoms with Gasteiger partial charge in [-0.05, 0) is 66.8 Å². The second-order valence-electron chi connectivity index (χ2n) is 8.05. The summed E-state index contributed by atoms with van der Waals surface area (Å²) in [5.74, 6) is 1.52. The fourth-order valence-electron chi connectivity index (χ4n) is 4.56. The Morgan fingerprint density at radius 2 is 1.70 bits per heavy atom. The van der Waals surface area contributed by atoms with Crippen LogP contribution in [0.15, 0.2) is 78.9 Å². The number of ether oxygens (including phenoxy) is 1. The third kappa shape index (κ3) is 4.71. The summed E-state index contributed by atoms with van der Waals surface area (Å²) >= 11 is 0. The van der Waals surface area contributed by atoms with Gasteiger partial charge in [0, 0.05) is 12.5 Å². The summed E-state index contributed by atoms with van der Waals surface area (Å²) in [6.07, 6.45) is 1.99. The summed E-state index contributed by atoms with van der Waals surface area (Å²) in [5.41, 5.74) is 3.92. The maximum Gasteiger partial charge on any atom is 0.317 e. The van der Waals surface area contributed by atoms with E-state index in [1.54, 1.807) is 0 Å². The molecule has 0 heterocycles. The summed E-state index contributed by atoms with van der Waals surface area (Å²) in [4.78, 5) is 13.1. The molecule has 0 fully saturated rings. The van der Waals surface area contributed by atoms with Crippen LogP contribution in [0.5, 0.6) is 11.5 Å². The van der Waals surface area contributed by atoms with Crippen molar-refractivity contribution >= 4 is 5.97 Å². The lowest BCUT2D eigenvalue weighted by Crippen LogP contribution is -2.35. The van der Waals surface area contributed by atoms with Gasteiger partial charge in [0.05, 0.1) is 6.54 Å². The third-order valence-corrected chi connectivity index (χ3v) is 5.79. The number of para-hydroxylation sites is 1. The minimum absolute atomic E-state index is 0.0642. The van der Waals surface area contributed by atoms with E-state index in [-0.39, 0.29) is 12.5 Å². The van der Waals surface area contributed by atoms with Crippen LogP contribution in [0, 0.1) is 5.92 Å². The zero-order valence-corrected chi connectivity index (χ0v) is 17.2. The van der Waals surface area contributed by atoms with E-state index in [4.69, 9.17) is 9.84 Å². The van der Waals surface area contributed by atoms with Crippen LogP contribution >= 0.6 is 0 Å². The van der Waals surface area contributed by atoms with Crippen molar-refractivity contribution < 1.29 is 14.6 Å². The van der Waals surface area contributed by atoms with Crippen LogP contribution in [0.3, 0.4) is 0 Å². The van der Waals surface area contributed by atoms with Crippen LogP contribution < -0.4 is 4.74 Å². The van der Waals surface area contributed by atoms with E-state index in [2.05, 4.69) is 36.4 Å². The third-order valence-electron chi connectivity index (χ3n) is 5.79. The Balaban J connectivity index is 1.63. The molecule has 4 heteroatoms. The van der Waals surface area contributed by atoms with E-state index >= 15 is 0 Å². The highest BCUT2D eigenvalue weighted by atomic mass is 16.5. The number of carboxylic acids is 1. The van der Waals surface area contributed by atoms with Crippen molar-refractivity contribution in [1.82, 2.24) is 4.90 Å². The van der Waals surface area contributed by atoms with Crippen molar-refractivity contribution in [2.24, 2.45) is 5.92 Å². The van der Waals surface area contributed by atoms with E-state index in [1.165, 1.54) is 16.7 Å². The Morgan fingerprint density at radius 3 is 2.40 bits per heavy atom. The van der Waals surface area contributed by atoms with Crippen LogP contribution in [0.25, 0.3) is 0 Å². The molecule has 2 atom stereocenters. The number of hydrogen-bond acceptors (Lipinski definition) is 3. The van der Waals surface area contributed by atoms with Crippen molar-refractivity contribution in [3.8, 4) is 11.5 Å². The van der Waals surface area contributed by atoms with Gasteiger partial charge in [0.25, 0.3) is 0 Å². The molecule has 4 rings (SSSR count). The number of hydrogen-bond donors (Lipinski definition) is 1. The molecule has 1 aliphatic rings. The molecule has 0 radical (unpaired) electrons. The van der Waals surface area contributed by atoms with Gasteiger partial charge >= 0.3 is 5.97 Å². The highest BCUT2D eigenvalue weighted by molar-refractivity contribution is 5.69. The van der Waals surface area contributed by atoms with E-state index in [0.717, 1.165) is 30.9 Å². The lowest BCUT2D eigenvalue weighted by molar-refractivity contribution is -0.138. The standard InChI is InChI=1S/C26H27NO3/c1-27(18-25(28)29)17-21-13-12-20-16-23(30-22-10-6-3-7-11-22)14-15-24(20)26(21)19-8-4-2-5-9-19/h2-11,14-16,21,26H,12-13,17-18H2,1H3,(H,28,29)/t21-,26+/m1/s1. The minimum Gasteiger partial charge on any atom is -0.480 e. The molecule has 0 amide bonds. The molecule has 0 saturated heterocycles. The van der Waals surface area contributed by atoms with Crippen molar-refractivity contribution in [3.63, 3.8) is 0 Å². The molecule has 0 bridgehead atoms. The highest BCUT2D eigenvalue weighted by Gasteiger charge is 2.32. The minimum atomic E-state index is -0.785. The van der Waals surface area contributed by atoms with Gasteiger partial charge in [-0.3, -0.25) is 9.69 Å². The summed E-state index contributed by atoms with van der Waals surface area (Å²) in [7, 11) is 1.89. The maximum atomic E-state index is 11.1. The molecule has 0 spiro atoms. The van der Waals surface area contributed by atoms with Crippen LogP contribution in [0.2, 0.25) is 0 Å². The zero-order chi connectivity index (χ0) is 20.9. The second kappa shape index (κ2) is 9.14.